The lowest BCUT2D eigenvalue weighted by Gasteiger charge is -2.30. The zero-order valence-electron chi connectivity index (χ0n) is 15.1. The highest BCUT2D eigenvalue weighted by Crippen LogP contribution is 2.47. The lowest BCUT2D eigenvalue weighted by atomic mass is 10.2. The maximum Gasteiger partial charge on any atom is 0.338 e. The highest BCUT2D eigenvalue weighted by molar-refractivity contribution is 7.99. The predicted octanol–water partition coefficient (Wildman–Crippen LogP) is 4.81. The van der Waals surface area contributed by atoms with Crippen molar-refractivity contribution in [1.82, 2.24) is 4.98 Å². The number of anilines is 2. The van der Waals surface area contributed by atoms with Gasteiger partial charge in [-0.2, -0.15) is 0 Å². The number of para-hydroxylation sites is 2. The molecule has 1 aromatic heterocycles. The third-order valence-electron chi connectivity index (χ3n) is 4.57. The Bertz CT molecular complexity index is 1200. The molecule has 0 aliphatic carbocycles. The van der Waals surface area contributed by atoms with Gasteiger partial charge in [-0.25, -0.2) is 9.78 Å². The molecule has 4 aromatic rings. The van der Waals surface area contributed by atoms with E-state index in [0.717, 1.165) is 21.2 Å². The molecule has 0 spiro atoms. The molecule has 3 aromatic carbocycles. The van der Waals surface area contributed by atoms with Crippen LogP contribution in [0.2, 0.25) is 0 Å². The first-order chi connectivity index (χ1) is 14.2. The number of ether oxygens (including phenoxy) is 1. The fraction of sp³-hybridized carbons (Fsp3) is 0.0455. The quantitative estimate of drug-likeness (QED) is 0.458. The summed E-state index contributed by atoms with van der Waals surface area (Å²) in [6, 6.07) is 20.1. The molecule has 29 heavy (non-hydrogen) atoms. The monoisotopic (exact) mass is 402 g/mol. The van der Waals surface area contributed by atoms with E-state index in [1.807, 2.05) is 48.5 Å². The molecule has 142 valence electrons. The largest absolute Gasteiger partial charge is 0.452 e. The Morgan fingerprint density at radius 2 is 1.66 bits per heavy atom. The van der Waals surface area contributed by atoms with Crippen LogP contribution < -0.4 is 4.90 Å². The number of esters is 1. The van der Waals surface area contributed by atoms with E-state index in [0.29, 0.717) is 16.7 Å². The minimum atomic E-state index is -0.587. The van der Waals surface area contributed by atoms with Crippen molar-refractivity contribution in [2.45, 2.75) is 9.79 Å². The summed E-state index contributed by atoms with van der Waals surface area (Å²) in [5, 5.41) is 0. The minimum absolute atomic E-state index is 0.314. The van der Waals surface area contributed by atoms with E-state index in [1.54, 1.807) is 34.9 Å². The number of rotatable bonds is 3. The van der Waals surface area contributed by atoms with Gasteiger partial charge in [0.25, 0.3) is 5.91 Å². The Balaban J connectivity index is 1.39. The lowest BCUT2D eigenvalue weighted by molar-refractivity contribution is -0.121. The zero-order chi connectivity index (χ0) is 19.8. The molecular formula is C22H14N2O4S. The van der Waals surface area contributed by atoms with Crippen LogP contribution in [0, 0.1) is 0 Å². The van der Waals surface area contributed by atoms with Gasteiger partial charge in [-0.15, -0.1) is 0 Å². The number of hydrogen-bond acceptors (Lipinski definition) is 6. The fourth-order valence-corrected chi connectivity index (χ4v) is 4.29. The summed E-state index contributed by atoms with van der Waals surface area (Å²) in [5.74, 6) is -0.905. The van der Waals surface area contributed by atoms with Gasteiger partial charge in [-0.3, -0.25) is 9.69 Å². The molecule has 6 nitrogen and oxygen atoms in total. The van der Waals surface area contributed by atoms with Crippen molar-refractivity contribution in [3.63, 3.8) is 0 Å². The molecule has 0 radical (unpaired) electrons. The van der Waals surface area contributed by atoms with Gasteiger partial charge < -0.3 is 9.15 Å². The van der Waals surface area contributed by atoms with E-state index in [1.165, 1.54) is 6.39 Å². The van der Waals surface area contributed by atoms with Gasteiger partial charge in [-0.1, -0.05) is 36.0 Å². The Morgan fingerprint density at radius 1 is 0.966 bits per heavy atom. The Kier molecular flexibility index (Phi) is 4.29. The number of nitrogens with zero attached hydrogens (tertiary/aromatic N) is 2. The van der Waals surface area contributed by atoms with E-state index in [4.69, 9.17) is 9.15 Å². The van der Waals surface area contributed by atoms with E-state index < -0.39 is 5.97 Å². The molecule has 0 atom stereocenters. The summed E-state index contributed by atoms with van der Waals surface area (Å²) in [7, 11) is 0. The van der Waals surface area contributed by atoms with Gasteiger partial charge >= 0.3 is 5.97 Å². The number of aromatic nitrogens is 1. The molecule has 0 unspecified atom stereocenters. The maximum atomic E-state index is 13.0. The second-order valence-corrected chi connectivity index (χ2v) is 7.46. The average molecular weight is 402 g/mol. The van der Waals surface area contributed by atoms with Crippen molar-refractivity contribution < 1.29 is 18.7 Å². The van der Waals surface area contributed by atoms with Crippen LogP contribution in [-0.2, 0) is 9.53 Å². The summed E-state index contributed by atoms with van der Waals surface area (Å²) in [6.45, 7) is -0.372. The first kappa shape index (κ1) is 17.5. The Labute approximate surface area is 170 Å². The fourth-order valence-electron chi connectivity index (χ4n) is 3.23. The molecule has 1 aliphatic heterocycles. The van der Waals surface area contributed by atoms with Crippen molar-refractivity contribution >= 4 is 46.1 Å². The van der Waals surface area contributed by atoms with Crippen LogP contribution in [0.15, 0.2) is 87.3 Å². The highest BCUT2D eigenvalue weighted by atomic mass is 32.2. The minimum Gasteiger partial charge on any atom is -0.452 e. The summed E-state index contributed by atoms with van der Waals surface area (Å²) in [5.41, 5.74) is 3.01. The van der Waals surface area contributed by atoms with Crippen LogP contribution in [0.25, 0.3) is 11.1 Å². The lowest BCUT2D eigenvalue weighted by Crippen LogP contribution is -2.32. The van der Waals surface area contributed by atoms with Gasteiger partial charge in [0.2, 0.25) is 0 Å². The van der Waals surface area contributed by atoms with E-state index in [9.17, 15) is 9.59 Å². The molecule has 7 heteroatoms. The van der Waals surface area contributed by atoms with Crippen molar-refractivity contribution in [3.05, 3.63) is 78.7 Å². The van der Waals surface area contributed by atoms with E-state index in [-0.39, 0.29) is 12.5 Å². The number of hydrogen-bond donors (Lipinski definition) is 0. The second kappa shape index (κ2) is 7.10. The van der Waals surface area contributed by atoms with Gasteiger partial charge in [0.05, 0.1) is 16.9 Å². The van der Waals surface area contributed by atoms with Crippen LogP contribution in [0.1, 0.15) is 10.4 Å². The van der Waals surface area contributed by atoms with Crippen LogP contribution >= 0.6 is 11.8 Å². The summed E-state index contributed by atoms with van der Waals surface area (Å²) in [4.78, 5) is 33.1. The van der Waals surface area contributed by atoms with Crippen molar-refractivity contribution in [3.8, 4) is 0 Å². The topological polar surface area (TPSA) is 72.6 Å². The van der Waals surface area contributed by atoms with Crippen LogP contribution in [0.5, 0.6) is 0 Å². The highest BCUT2D eigenvalue weighted by Gasteiger charge is 2.28. The van der Waals surface area contributed by atoms with Gasteiger partial charge in [0.15, 0.2) is 18.6 Å². The smallest absolute Gasteiger partial charge is 0.338 e. The number of oxazole rings is 1. The average Bonchev–Trinajstić information content (AvgIpc) is 3.23. The number of benzene rings is 3. The van der Waals surface area contributed by atoms with Crippen molar-refractivity contribution in [2.75, 3.05) is 11.5 Å². The van der Waals surface area contributed by atoms with Crippen LogP contribution in [0.3, 0.4) is 0 Å². The third kappa shape index (κ3) is 3.15. The van der Waals surface area contributed by atoms with E-state index >= 15 is 0 Å². The maximum absolute atomic E-state index is 13.0. The van der Waals surface area contributed by atoms with Gasteiger partial charge in [-0.05, 0) is 42.5 Å². The number of carbonyl (C=O) groups is 2. The molecule has 0 saturated carbocycles. The summed E-state index contributed by atoms with van der Waals surface area (Å²) in [6.07, 6.45) is 1.31. The molecule has 1 amide bonds. The van der Waals surface area contributed by atoms with Gasteiger partial charge in [0.1, 0.15) is 5.52 Å². The summed E-state index contributed by atoms with van der Waals surface area (Å²) < 4.78 is 10.5. The third-order valence-corrected chi connectivity index (χ3v) is 5.70. The molecule has 0 bridgehead atoms. The molecule has 5 rings (SSSR count). The molecular weight excluding hydrogens is 388 g/mol. The first-order valence-corrected chi connectivity index (χ1v) is 9.71. The predicted molar refractivity (Wildman–Crippen MR) is 108 cm³/mol. The molecule has 1 aliphatic rings. The number of amides is 1. The van der Waals surface area contributed by atoms with Crippen LogP contribution in [-0.4, -0.2) is 23.5 Å². The molecule has 0 saturated heterocycles. The van der Waals surface area contributed by atoms with Crippen LogP contribution in [0.4, 0.5) is 11.4 Å². The molecule has 0 fully saturated rings. The SMILES string of the molecule is O=C(OCC(=O)N1c2ccccc2Sc2ccccc21)c1ccc2ocnc2c1. The van der Waals surface area contributed by atoms with Crippen molar-refractivity contribution in [2.24, 2.45) is 0 Å². The second-order valence-electron chi connectivity index (χ2n) is 6.38. The first-order valence-electron chi connectivity index (χ1n) is 8.90. The number of fused-ring (bicyclic) bond motifs is 3. The summed E-state index contributed by atoms with van der Waals surface area (Å²) >= 11 is 1.61. The number of carbonyl (C=O) groups excluding carboxylic acids is 2. The van der Waals surface area contributed by atoms with Gasteiger partial charge in [0, 0.05) is 9.79 Å². The zero-order valence-corrected chi connectivity index (χ0v) is 15.9. The van der Waals surface area contributed by atoms with E-state index in [2.05, 4.69) is 4.98 Å². The Hall–Kier alpha value is -3.58. The molecule has 0 N–H and O–H groups in total. The van der Waals surface area contributed by atoms with Crippen molar-refractivity contribution in [1.29, 1.82) is 0 Å². The molecule has 2 heterocycles. The normalized spacial score (nSPS) is 12.3. The Morgan fingerprint density at radius 3 is 2.38 bits per heavy atom. The standard InChI is InChI=1S/C22H14N2O4S/c25-21(12-27-22(26)14-9-10-18-15(11-14)23-13-28-18)24-16-5-1-3-7-19(16)29-20-8-4-2-6-17(20)24/h1-11,13H,12H2.